The zero-order chi connectivity index (χ0) is 25.7. The van der Waals surface area contributed by atoms with Crippen LogP contribution >= 0.6 is 22.9 Å². The maximum atomic E-state index is 12.8. The van der Waals surface area contributed by atoms with E-state index >= 15 is 0 Å². The number of carbonyl (C=O) groups excluding carboxylic acids is 1. The first-order chi connectivity index (χ1) is 17.3. The van der Waals surface area contributed by atoms with Gasteiger partial charge in [-0.25, -0.2) is 4.98 Å². The molecule has 2 aromatic heterocycles. The van der Waals surface area contributed by atoms with E-state index < -0.39 is 0 Å². The fraction of sp³-hybridized carbons (Fsp3) is 0.458. The van der Waals surface area contributed by atoms with Crippen molar-refractivity contribution in [2.75, 3.05) is 54.9 Å². The predicted molar refractivity (Wildman–Crippen MR) is 144 cm³/mol. The molecule has 0 bridgehead atoms. The first kappa shape index (κ1) is 26.2. The number of benzene rings is 1. The van der Waals surface area contributed by atoms with Gasteiger partial charge in [0, 0.05) is 39.1 Å². The molecule has 0 unspecified atom stereocenters. The standard InChI is InChI=1S/C24H31ClN8O2S/c1-15(2)13-19-27-22(30-23(28-19)33-9-7-32(8-10-33)11-12-34)31-24-26-14-18(36-24)21(35)29-20-16(3)5-4-6-17(20)25/h4-6,14-15,34H,7-13H2,1-3H3,(H,29,35)(H,26,27,28,30,31). The number of piperazine rings is 1. The minimum absolute atomic E-state index is 0.157. The summed E-state index contributed by atoms with van der Waals surface area (Å²) in [5, 5.41) is 16.2. The number of para-hydroxylation sites is 1. The van der Waals surface area contributed by atoms with E-state index in [9.17, 15) is 9.90 Å². The molecule has 4 rings (SSSR count). The fourth-order valence-corrected chi connectivity index (χ4v) is 4.85. The molecule has 1 aromatic carbocycles. The third-order valence-electron chi connectivity index (χ3n) is 5.74. The number of thiazole rings is 1. The maximum Gasteiger partial charge on any atom is 0.267 e. The summed E-state index contributed by atoms with van der Waals surface area (Å²) in [6.45, 7) is 10.2. The third kappa shape index (κ3) is 6.67. The Morgan fingerprint density at radius 3 is 2.67 bits per heavy atom. The molecule has 1 fully saturated rings. The minimum Gasteiger partial charge on any atom is -0.395 e. The molecule has 0 aliphatic carbocycles. The van der Waals surface area contributed by atoms with Crippen molar-refractivity contribution in [3.8, 4) is 0 Å². The Hall–Kier alpha value is -2.86. The van der Waals surface area contributed by atoms with Crippen molar-refractivity contribution in [2.45, 2.75) is 27.2 Å². The monoisotopic (exact) mass is 530 g/mol. The van der Waals surface area contributed by atoms with Crippen LogP contribution in [-0.4, -0.2) is 75.2 Å². The van der Waals surface area contributed by atoms with Crippen LogP contribution in [0.2, 0.25) is 5.02 Å². The summed E-state index contributed by atoms with van der Waals surface area (Å²) < 4.78 is 0. The van der Waals surface area contributed by atoms with Crippen LogP contribution in [0.25, 0.3) is 0 Å². The Kier molecular flexibility index (Phi) is 8.68. The van der Waals surface area contributed by atoms with Gasteiger partial charge in [0.1, 0.15) is 10.7 Å². The molecule has 3 heterocycles. The summed E-state index contributed by atoms with van der Waals surface area (Å²) in [7, 11) is 0. The van der Waals surface area contributed by atoms with Crippen LogP contribution in [0.5, 0.6) is 0 Å². The zero-order valence-corrected chi connectivity index (χ0v) is 22.2. The second-order valence-electron chi connectivity index (χ2n) is 9.07. The molecular formula is C24H31ClN8O2S. The molecule has 1 aliphatic rings. The lowest BCUT2D eigenvalue weighted by Crippen LogP contribution is -2.47. The molecule has 12 heteroatoms. The number of aliphatic hydroxyl groups excluding tert-OH is 1. The van der Waals surface area contributed by atoms with E-state index in [1.54, 1.807) is 6.07 Å². The highest BCUT2D eigenvalue weighted by atomic mass is 35.5. The highest BCUT2D eigenvalue weighted by Gasteiger charge is 2.21. The van der Waals surface area contributed by atoms with Crippen molar-refractivity contribution in [2.24, 2.45) is 5.92 Å². The number of anilines is 4. The van der Waals surface area contributed by atoms with Gasteiger partial charge >= 0.3 is 0 Å². The van der Waals surface area contributed by atoms with Crippen LogP contribution in [0.1, 0.15) is 34.9 Å². The number of carbonyl (C=O) groups is 1. The van der Waals surface area contributed by atoms with Crippen molar-refractivity contribution >= 4 is 51.6 Å². The van der Waals surface area contributed by atoms with E-state index in [2.05, 4.69) is 49.2 Å². The Labute approximate surface area is 219 Å². The van der Waals surface area contributed by atoms with Crippen molar-refractivity contribution in [3.63, 3.8) is 0 Å². The van der Waals surface area contributed by atoms with Gasteiger partial charge in [0.15, 0.2) is 5.13 Å². The molecule has 0 atom stereocenters. The molecule has 0 radical (unpaired) electrons. The molecule has 192 valence electrons. The first-order valence-corrected chi connectivity index (χ1v) is 13.1. The molecule has 1 amide bonds. The lowest BCUT2D eigenvalue weighted by atomic mass is 10.1. The van der Waals surface area contributed by atoms with Crippen LogP contribution in [-0.2, 0) is 6.42 Å². The highest BCUT2D eigenvalue weighted by molar-refractivity contribution is 7.17. The number of rotatable bonds is 9. The normalized spacial score (nSPS) is 14.3. The van der Waals surface area contributed by atoms with Crippen molar-refractivity contribution < 1.29 is 9.90 Å². The number of nitrogens with one attached hydrogen (secondary N) is 2. The average Bonchev–Trinajstić information content (AvgIpc) is 3.30. The summed E-state index contributed by atoms with van der Waals surface area (Å²) in [4.78, 5) is 35.9. The summed E-state index contributed by atoms with van der Waals surface area (Å²) >= 11 is 7.46. The van der Waals surface area contributed by atoms with Crippen molar-refractivity contribution in [1.29, 1.82) is 0 Å². The number of hydrogen-bond acceptors (Lipinski definition) is 10. The Morgan fingerprint density at radius 1 is 1.19 bits per heavy atom. The first-order valence-electron chi connectivity index (χ1n) is 11.9. The Morgan fingerprint density at radius 2 is 1.97 bits per heavy atom. The van der Waals surface area contributed by atoms with Gasteiger partial charge in [0.25, 0.3) is 5.91 Å². The summed E-state index contributed by atoms with van der Waals surface area (Å²) in [6.07, 6.45) is 2.24. The number of aliphatic hydroxyl groups is 1. The number of β-amino-alcohol motifs (C(OH)–C–C–N with tert-alkyl or cyclic N) is 1. The van der Waals surface area contributed by atoms with Crippen molar-refractivity contribution in [3.05, 3.63) is 45.7 Å². The molecule has 3 aromatic rings. The number of aryl methyl sites for hydroxylation is 1. The summed E-state index contributed by atoms with van der Waals surface area (Å²) in [5.74, 6) is 1.83. The van der Waals surface area contributed by atoms with E-state index in [1.165, 1.54) is 17.5 Å². The van der Waals surface area contributed by atoms with Gasteiger partial charge in [-0.1, -0.05) is 48.9 Å². The van der Waals surface area contributed by atoms with E-state index in [-0.39, 0.29) is 12.5 Å². The molecule has 36 heavy (non-hydrogen) atoms. The Bertz CT molecular complexity index is 1180. The van der Waals surface area contributed by atoms with Crippen LogP contribution in [0.3, 0.4) is 0 Å². The van der Waals surface area contributed by atoms with E-state index in [1.807, 2.05) is 19.1 Å². The SMILES string of the molecule is Cc1cccc(Cl)c1NC(=O)c1cnc(Nc2nc(CC(C)C)nc(N3CCN(CCO)CC3)n2)s1. The number of halogens is 1. The van der Waals surface area contributed by atoms with Crippen LogP contribution < -0.4 is 15.5 Å². The summed E-state index contributed by atoms with van der Waals surface area (Å²) in [6, 6.07) is 5.47. The molecule has 0 spiro atoms. The lowest BCUT2D eigenvalue weighted by Gasteiger charge is -2.34. The lowest BCUT2D eigenvalue weighted by molar-refractivity contribution is 0.103. The van der Waals surface area contributed by atoms with E-state index in [4.69, 9.17) is 16.6 Å². The van der Waals surface area contributed by atoms with E-state index in [0.717, 1.165) is 38.2 Å². The maximum absolute atomic E-state index is 12.8. The molecule has 1 saturated heterocycles. The average molecular weight is 531 g/mol. The van der Waals surface area contributed by atoms with Gasteiger partial charge in [0.2, 0.25) is 11.9 Å². The van der Waals surface area contributed by atoms with Gasteiger partial charge < -0.3 is 15.3 Å². The summed E-state index contributed by atoms with van der Waals surface area (Å²) in [5.41, 5.74) is 1.47. The molecule has 3 N–H and O–H groups in total. The topological polar surface area (TPSA) is 119 Å². The van der Waals surface area contributed by atoms with Gasteiger partial charge in [-0.05, 0) is 24.5 Å². The minimum atomic E-state index is -0.283. The van der Waals surface area contributed by atoms with Crippen molar-refractivity contribution in [1.82, 2.24) is 24.8 Å². The van der Waals surface area contributed by atoms with Crippen LogP contribution in [0, 0.1) is 12.8 Å². The fourth-order valence-electron chi connectivity index (χ4n) is 3.87. The van der Waals surface area contributed by atoms with Gasteiger partial charge in [0.05, 0.1) is 23.5 Å². The highest BCUT2D eigenvalue weighted by Crippen LogP contribution is 2.28. The Balaban J connectivity index is 1.49. The molecular weight excluding hydrogens is 500 g/mol. The number of aromatic nitrogens is 4. The van der Waals surface area contributed by atoms with Gasteiger partial charge in [-0.15, -0.1) is 0 Å². The van der Waals surface area contributed by atoms with Crippen LogP contribution in [0.4, 0.5) is 22.7 Å². The quantitative estimate of drug-likeness (QED) is 0.381. The zero-order valence-electron chi connectivity index (χ0n) is 20.7. The molecule has 10 nitrogen and oxygen atoms in total. The molecule has 1 aliphatic heterocycles. The van der Waals surface area contributed by atoms with Gasteiger partial charge in [-0.2, -0.15) is 15.0 Å². The second-order valence-corrected chi connectivity index (χ2v) is 10.5. The third-order valence-corrected chi connectivity index (χ3v) is 6.97. The predicted octanol–water partition coefficient (Wildman–Crippen LogP) is 3.60. The molecule has 0 saturated carbocycles. The number of hydrogen-bond donors (Lipinski definition) is 3. The van der Waals surface area contributed by atoms with E-state index in [0.29, 0.717) is 50.9 Å². The number of amides is 1. The largest absolute Gasteiger partial charge is 0.395 e. The number of nitrogens with zero attached hydrogens (tertiary/aromatic N) is 6. The smallest absolute Gasteiger partial charge is 0.267 e. The van der Waals surface area contributed by atoms with Gasteiger partial charge in [-0.3, -0.25) is 15.0 Å². The van der Waals surface area contributed by atoms with Crippen LogP contribution in [0.15, 0.2) is 24.4 Å². The second kappa shape index (κ2) is 11.9.